The predicted octanol–water partition coefficient (Wildman–Crippen LogP) is 1.63. The van der Waals surface area contributed by atoms with E-state index in [-0.39, 0.29) is 27.8 Å². The summed E-state index contributed by atoms with van der Waals surface area (Å²) < 4.78 is 54.2. The summed E-state index contributed by atoms with van der Waals surface area (Å²) in [7, 11) is -0.946. The molecule has 0 spiro atoms. The van der Waals surface area contributed by atoms with Gasteiger partial charge in [0.2, 0.25) is 10.0 Å². The first-order valence-electron chi connectivity index (χ1n) is 9.69. The fourth-order valence-corrected chi connectivity index (χ4v) is 4.71. The van der Waals surface area contributed by atoms with Gasteiger partial charge in [0.15, 0.2) is 11.6 Å². The minimum atomic E-state index is -3.75. The Bertz CT molecular complexity index is 1400. The fourth-order valence-electron chi connectivity index (χ4n) is 3.94. The number of hydrogen-bond acceptors (Lipinski definition) is 5. The molecular formula is C21H20F2N4O4S. The van der Waals surface area contributed by atoms with E-state index in [1.807, 2.05) is 0 Å². The molecule has 0 aliphatic carbocycles. The van der Waals surface area contributed by atoms with Crippen molar-refractivity contribution in [2.75, 3.05) is 20.6 Å². The number of carbonyl (C=O) groups is 1. The van der Waals surface area contributed by atoms with Gasteiger partial charge in [0.1, 0.15) is 0 Å². The van der Waals surface area contributed by atoms with Crippen molar-refractivity contribution >= 4 is 26.7 Å². The Balaban J connectivity index is 1.81. The van der Waals surface area contributed by atoms with Crippen molar-refractivity contribution in [1.29, 1.82) is 0 Å². The summed E-state index contributed by atoms with van der Waals surface area (Å²) in [5, 5.41) is 3.31. The third-order valence-corrected chi connectivity index (χ3v) is 7.02. The zero-order chi connectivity index (χ0) is 23.2. The number of benzene rings is 2. The van der Waals surface area contributed by atoms with Gasteiger partial charge in [-0.25, -0.2) is 21.9 Å². The maximum absolute atomic E-state index is 14.0. The van der Waals surface area contributed by atoms with E-state index in [0.717, 1.165) is 12.1 Å². The van der Waals surface area contributed by atoms with Crippen LogP contribution in [-0.4, -0.2) is 44.8 Å². The van der Waals surface area contributed by atoms with Crippen molar-refractivity contribution in [2.24, 2.45) is 0 Å². The zero-order valence-electron chi connectivity index (χ0n) is 17.2. The van der Waals surface area contributed by atoms with Crippen molar-refractivity contribution in [1.82, 2.24) is 19.9 Å². The highest BCUT2D eigenvalue weighted by atomic mass is 32.2. The lowest BCUT2D eigenvalue weighted by Crippen LogP contribution is -2.42. The average molecular weight is 462 g/mol. The summed E-state index contributed by atoms with van der Waals surface area (Å²) in [5.41, 5.74) is 0.559. The lowest BCUT2D eigenvalue weighted by atomic mass is 9.93. The molecule has 3 N–H and O–H groups in total. The zero-order valence-corrected chi connectivity index (χ0v) is 18.0. The second-order valence-electron chi connectivity index (χ2n) is 7.46. The van der Waals surface area contributed by atoms with Crippen LogP contribution in [0.3, 0.4) is 0 Å². The maximum Gasteiger partial charge on any atom is 0.256 e. The quantitative estimate of drug-likeness (QED) is 0.546. The second kappa shape index (κ2) is 8.08. The largest absolute Gasteiger partial charge is 0.333 e. The molecule has 2 aromatic carbocycles. The van der Waals surface area contributed by atoms with Gasteiger partial charge in [-0.15, -0.1) is 0 Å². The molecule has 0 bridgehead atoms. The molecule has 2 heterocycles. The van der Waals surface area contributed by atoms with Crippen LogP contribution in [0.15, 0.2) is 46.1 Å². The van der Waals surface area contributed by atoms with Gasteiger partial charge in [0.05, 0.1) is 16.3 Å². The van der Waals surface area contributed by atoms with Gasteiger partial charge in [-0.2, -0.15) is 0 Å². The lowest BCUT2D eigenvalue weighted by molar-refractivity contribution is 0.0723. The molecule has 4 rings (SSSR count). The molecular weight excluding hydrogens is 442 g/mol. The molecule has 8 nitrogen and oxygen atoms in total. The lowest BCUT2D eigenvalue weighted by Gasteiger charge is -2.34. The van der Waals surface area contributed by atoms with E-state index >= 15 is 0 Å². The molecule has 1 aliphatic heterocycles. The molecule has 0 radical (unpaired) electrons. The molecule has 0 saturated heterocycles. The monoisotopic (exact) mass is 462 g/mol. The van der Waals surface area contributed by atoms with Gasteiger partial charge in [-0.05, 0) is 42.8 Å². The van der Waals surface area contributed by atoms with Gasteiger partial charge in [0.25, 0.3) is 11.5 Å². The molecule has 0 unspecified atom stereocenters. The molecule has 1 aliphatic rings. The molecule has 0 fully saturated rings. The summed E-state index contributed by atoms with van der Waals surface area (Å²) in [6, 6.07) is 6.78. The van der Waals surface area contributed by atoms with Gasteiger partial charge in [-0.1, -0.05) is 6.07 Å². The van der Waals surface area contributed by atoms with Crippen LogP contribution >= 0.6 is 0 Å². The fraction of sp³-hybridized carbons (Fsp3) is 0.238. The highest BCUT2D eigenvalue weighted by Crippen LogP contribution is 2.32. The van der Waals surface area contributed by atoms with E-state index in [2.05, 4.69) is 15.0 Å². The molecule has 1 aromatic heterocycles. The first kappa shape index (κ1) is 22.1. The van der Waals surface area contributed by atoms with E-state index in [0.29, 0.717) is 17.8 Å². The molecule has 1 amide bonds. The van der Waals surface area contributed by atoms with Gasteiger partial charge < -0.3 is 15.2 Å². The Kier molecular flexibility index (Phi) is 5.57. The van der Waals surface area contributed by atoms with Crippen molar-refractivity contribution in [3.8, 4) is 0 Å². The van der Waals surface area contributed by atoms with Crippen LogP contribution in [-0.2, 0) is 16.6 Å². The number of likely N-dealkylation sites (N-methyl/N-ethyl adjacent to an activating group) is 1. The number of rotatable bonds is 4. The predicted molar refractivity (Wildman–Crippen MR) is 114 cm³/mol. The van der Waals surface area contributed by atoms with Gasteiger partial charge in [0, 0.05) is 37.0 Å². The molecule has 1 atom stereocenters. The van der Waals surface area contributed by atoms with Crippen LogP contribution in [0.1, 0.15) is 27.7 Å². The molecule has 0 saturated carbocycles. The number of nitrogens with one attached hydrogen (secondary N) is 3. The number of hydrogen-bond donors (Lipinski definition) is 3. The number of amides is 1. The van der Waals surface area contributed by atoms with Crippen LogP contribution in [0.4, 0.5) is 8.78 Å². The van der Waals surface area contributed by atoms with Gasteiger partial charge in [-0.3, -0.25) is 9.59 Å². The number of aromatic nitrogens is 1. The average Bonchev–Trinajstić information content (AvgIpc) is 2.79. The number of sulfonamides is 1. The molecule has 11 heteroatoms. The van der Waals surface area contributed by atoms with Crippen molar-refractivity contribution in [3.63, 3.8) is 0 Å². The van der Waals surface area contributed by atoms with E-state index in [4.69, 9.17) is 0 Å². The van der Waals surface area contributed by atoms with E-state index < -0.39 is 39.2 Å². The highest BCUT2D eigenvalue weighted by Gasteiger charge is 2.31. The number of pyridine rings is 1. The maximum atomic E-state index is 14.0. The number of halogens is 2. The first-order chi connectivity index (χ1) is 15.1. The second-order valence-corrected chi connectivity index (χ2v) is 9.34. The first-order valence-corrected chi connectivity index (χ1v) is 11.2. The van der Waals surface area contributed by atoms with Crippen LogP contribution < -0.4 is 15.6 Å². The number of fused-ring (bicyclic) bond motifs is 3. The molecule has 3 aromatic rings. The summed E-state index contributed by atoms with van der Waals surface area (Å²) in [6.07, 6.45) is 0. The third kappa shape index (κ3) is 3.68. The topological polar surface area (TPSA) is 111 Å². The van der Waals surface area contributed by atoms with Crippen molar-refractivity contribution in [3.05, 3.63) is 75.2 Å². The normalized spacial score (nSPS) is 16.1. The van der Waals surface area contributed by atoms with Gasteiger partial charge >= 0.3 is 0 Å². The van der Waals surface area contributed by atoms with E-state index in [1.165, 1.54) is 43.3 Å². The van der Waals surface area contributed by atoms with Crippen LogP contribution in [0.2, 0.25) is 0 Å². The number of aromatic amines is 1. The van der Waals surface area contributed by atoms with E-state index in [1.54, 1.807) is 0 Å². The molecule has 32 heavy (non-hydrogen) atoms. The van der Waals surface area contributed by atoms with Crippen LogP contribution in [0.25, 0.3) is 10.8 Å². The van der Waals surface area contributed by atoms with Crippen LogP contribution in [0.5, 0.6) is 0 Å². The number of H-pyrrole nitrogens is 1. The Morgan fingerprint density at radius 2 is 1.84 bits per heavy atom. The SMILES string of the molecule is CNS(=O)(=O)c1cccc(C(=O)N(C)[C@H]2CNCc3[nH]c(=O)c4cc(F)c(F)cc4c32)c1. The highest BCUT2D eigenvalue weighted by molar-refractivity contribution is 7.89. The van der Waals surface area contributed by atoms with Crippen molar-refractivity contribution < 1.29 is 22.0 Å². The van der Waals surface area contributed by atoms with E-state index in [9.17, 15) is 26.8 Å². The summed E-state index contributed by atoms with van der Waals surface area (Å²) >= 11 is 0. The van der Waals surface area contributed by atoms with Crippen LogP contribution in [0, 0.1) is 11.6 Å². The Labute approximate surface area is 182 Å². The summed E-state index contributed by atoms with van der Waals surface area (Å²) in [4.78, 5) is 29.6. The number of carbonyl (C=O) groups excluding carboxylic acids is 1. The Morgan fingerprint density at radius 3 is 2.53 bits per heavy atom. The third-order valence-electron chi connectivity index (χ3n) is 5.61. The van der Waals surface area contributed by atoms with Crippen molar-refractivity contribution in [2.45, 2.75) is 17.5 Å². The summed E-state index contributed by atoms with van der Waals surface area (Å²) in [6.45, 7) is 0.581. The minimum Gasteiger partial charge on any atom is -0.333 e. The minimum absolute atomic E-state index is 0.0162. The Hall–Kier alpha value is -3.15. The Morgan fingerprint density at radius 1 is 1.16 bits per heavy atom. The summed E-state index contributed by atoms with van der Waals surface area (Å²) in [5.74, 6) is -2.71. The standard InChI is InChI=1S/C21H20F2N4O4S/c1-24-32(30,31)12-5-3-4-11(6-12)21(29)27(2)18-10-25-9-17-19(18)13-7-15(22)16(23)8-14(13)20(28)26-17/h3-8,18,24-25H,9-10H2,1-2H3,(H,26,28)/t18-/m0/s1. The number of nitrogens with zero attached hydrogens (tertiary/aromatic N) is 1. The smallest absolute Gasteiger partial charge is 0.256 e. The molecule has 168 valence electrons.